The van der Waals surface area contributed by atoms with Crippen molar-refractivity contribution in [3.05, 3.63) is 27.7 Å². The molecule has 6 heteroatoms. The van der Waals surface area contributed by atoms with Crippen molar-refractivity contribution in [3.8, 4) is 0 Å². The lowest BCUT2D eigenvalue weighted by Gasteiger charge is -2.38. The van der Waals surface area contributed by atoms with Crippen molar-refractivity contribution in [1.82, 2.24) is 19.6 Å². The second kappa shape index (κ2) is 7.58. The van der Waals surface area contributed by atoms with Crippen LogP contribution in [0.1, 0.15) is 36.9 Å². The van der Waals surface area contributed by atoms with Gasteiger partial charge in [-0.3, -0.25) is 14.6 Å². The third-order valence-corrected chi connectivity index (χ3v) is 6.79. The summed E-state index contributed by atoms with van der Waals surface area (Å²) in [7, 11) is 0. The number of aromatic nitrogens is 2. The molecular formula is C18H28N4OS. The van der Waals surface area contributed by atoms with E-state index in [0.717, 1.165) is 61.4 Å². The van der Waals surface area contributed by atoms with E-state index in [1.165, 1.54) is 38.8 Å². The Bertz CT molecular complexity index is 618. The van der Waals surface area contributed by atoms with E-state index in [1.807, 2.05) is 17.8 Å². The van der Waals surface area contributed by atoms with Crippen molar-refractivity contribution in [3.63, 3.8) is 0 Å². The summed E-state index contributed by atoms with van der Waals surface area (Å²) in [6, 6.07) is 2.65. The Morgan fingerprint density at radius 2 is 1.92 bits per heavy atom. The van der Waals surface area contributed by atoms with Gasteiger partial charge in [-0.25, -0.2) is 4.68 Å². The van der Waals surface area contributed by atoms with Crippen LogP contribution in [0, 0.1) is 0 Å². The summed E-state index contributed by atoms with van der Waals surface area (Å²) >= 11 is 1.90. The summed E-state index contributed by atoms with van der Waals surface area (Å²) in [6.45, 7) is 6.31. The molecule has 1 aromatic heterocycles. The summed E-state index contributed by atoms with van der Waals surface area (Å²) in [5.74, 6) is 2.07. The molecule has 0 aromatic carbocycles. The van der Waals surface area contributed by atoms with E-state index in [1.54, 1.807) is 4.68 Å². The fourth-order valence-electron chi connectivity index (χ4n) is 4.27. The van der Waals surface area contributed by atoms with Crippen LogP contribution in [0.25, 0.3) is 0 Å². The first-order valence-electron chi connectivity index (χ1n) is 9.44. The quantitative estimate of drug-likeness (QED) is 0.827. The molecule has 132 valence electrons. The predicted molar refractivity (Wildman–Crippen MR) is 98.6 cm³/mol. The Hall–Kier alpha value is -0.850. The van der Waals surface area contributed by atoms with Crippen LogP contribution in [0.15, 0.2) is 10.9 Å². The maximum Gasteiger partial charge on any atom is 0.267 e. The second-order valence-electron chi connectivity index (χ2n) is 7.30. The van der Waals surface area contributed by atoms with Crippen LogP contribution in [-0.4, -0.2) is 64.1 Å². The molecule has 2 aliphatic heterocycles. The van der Waals surface area contributed by atoms with Gasteiger partial charge in [0.2, 0.25) is 0 Å². The first-order valence-corrected chi connectivity index (χ1v) is 10.6. The molecular weight excluding hydrogens is 320 g/mol. The van der Waals surface area contributed by atoms with Gasteiger partial charge in [-0.1, -0.05) is 12.8 Å². The summed E-state index contributed by atoms with van der Waals surface area (Å²) in [5.41, 5.74) is 2.36. The van der Waals surface area contributed by atoms with Gasteiger partial charge in [0.15, 0.2) is 0 Å². The molecule has 3 heterocycles. The van der Waals surface area contributed by atoms with Gasteiger partial charge in [-0.05, 0) is 24.2 Å². The smallest absolute Gasteiger partial charge is 0.267 e. The van der Waals surface area contributed by atoms with Gasteiger partial charge in [0, 0.05) is 57.0 Å². The summed E-state index contributed by atoms with van der Waals surface area (Å²) in [5, 5.41) is 4.63. The number of thioether (sulfide) groups is 1. The third-order valence-electron chi connectivity index (χ3n) is 5.78. The number of aryl methyl sites for hydroxylation is 1. The maximum atomic E-state index is 12.3. The Morgan fingerprint density at radius 3 is 2.71 bits per heavy atom. The molecule has 3 aliphatic rings. The molecule has 1 saturated carbocycles. The SMILES string of the molecule is O=c1cc2c(nn1CCN1CCN(C3CCCC3)CC1)CCSC2. The monoisotopic (exact) mass is 348 g/mol. The van der Waals surface area contributed by atoms with Gasteiger partial charge in [-0.15, -0.1) is 0 Å². The fraction of sp³-hybridized carbons (Fsp3) is 0.778. The van der Waals surface area contributed by atoms with Crippen LogP contribution >= 0.6 is 11.8 Å². The molecule has 0 atom stereocenters. The van der Waals surface area contributed by atoms with Gasteiger partial charge in [-0.2, -0.15) is 16.9 Å². The van der Waals surface area contributed by atoms with Gasteiger partial charge < -0.3 is 0 Å². The van der Waals surface area contributed by atoms with E-state index in [-0.39, 0.29) is 5.56 Å². The van der Waals surface area contributed by atoms with Crippen LogP contribution < -0.4 is 5.56 Å². The highest BCUT2D eigenvalue weighted by atomic mass is 32.2. The fourth-order valence-corrected chi connectivity index (χ4v) is 5.22. The zero-order chi connectivity index (χ0) is 16.4. The van der Waals surface area contributed by atoms with Crippen LogP contribution in [0.4, 0.5) is 0 Å². The number of fused-ring (bicyclic) bond motifs is 1. The number of hydrogen-bond acceptors (Lipinski definition) is 5. The lowest BCUT2D eigenvalue weighted by atomic mass is 10.2. The molecule has 2 fully saturated rings. The average Bonchev–Trinajstić information content (AvgIpc) is 3.15. The molecule has 5 nitrogen and oxygen atoms in total. The molecule has 1 aromatic rings. The lowest BCUT2D eigenvalue weighted by molar-refractivity contribution is 0.0947. The van der Waals surface area contributed by atoms with Crippen LogP contribution in [0.2, 0.25) is 0 Å². The van der Waals surface area contributed by atoms with Gasteiger partial charge in [0.25, 0.3) is 5.56 Å². The number of rotatable bonds is 4. The number of nitrogens with zero attached hydrogens (tertiary/aromatic N) is 4. The lowest BCUT2D eigenvalue weighted by Crippen LogP contribution is -2.50. The number of hydrogen-bond donors (Lipinski definition) is 0. The largest absolute Gasteiger partial charge is 0.299 e. The van der Waals surface area contributed by atoms with Crippen molar-refractivity contribution in [2.75, 3.05) is 38.5 Å². The highest BCUT2D eigenvalue weighted by molar-refractivity contribution is 7.98. The molecule has 0 amide bonds. The predicted octanol–water partition coefficient (Wildman–Crippen LogP) is 1.59. The molecule has 0 radical (unpaired) electrons. The Labute approximate surface area is 148 Å². The molecule has 0 bridgehead atoms. The van der Waals surface area contributed by atoms with Gasteiger partial charge in [0.1, 0.15) is 0 Å². The first-order chi connectivity index (χ1) is 11.8. The van der Waals surface area contributed by atoms with Crippen molar-refractivity contribution < 1.29 is 0 Å². The summed E-state index contributed by atoms with van der Waals surface area (Å²) < 4.78 is 1.69. The van der Waals surface area contributed by atoms with E-state index < -0.39 is 0 Å². The van der Waals surface area contributed by atoms with E-state index in [0.29, 0.717) is 0 Å². The minimum Gasteiger partial charge on any atom is -0.299 e. The minimum atomic E-state index is 0.0702. The van der Waals surface area contributed by atoms with E-state index >= 15 is 0 Å². The highest BCUT2D eigenvalue weighted by Crippen LogP contribution is 2.24. The van der Waals surface area contributed by atoms with Gasteiger partial charge >= 0.3 is 0 Å². The van der Waals surface area contributed by atoms with E-state index in [9.17, 15) is 4.79 Å². The zero-order valence-electron chi connectivity index (χ0n) is 14.5. The number of piperazine rings is 1. The molecule has 1 aliphatic carbocycles. The molecule has 24 heavy (non-hydrogen) atoms. The summed E-state index contributed by atoms with van der Waals surface area (Å²) in [4.78, 5) is 17.4. The summed E-state index contributed by atoms with van der Waals surface area (Å²) in [6.07, 6.45) is 6.62. The molecule has 0 spiro atoms. The van der Waals surface area contributed by atoms with Crippen LogP contribution in [0.5, 0.6) is 0 Å². The minimum absolute atomic E-state index is 0.0702. The second-order valence-corrected chi connectivity index (χ2v) is 8.40. The van der Waals surface area contributed by atoms with Crippen molar-refractivity contribution in [2.45, 2.75) is 50.4 Å². The maximum absolute atomic E-state index is 12.3. The van der Waals surface area contributed by atoms with Crippen molar-refractivity contribution in [2.24, 2.45) is 0 Å². The highest BCUT2D eigenvalue weighted by Gasteiger charge is 2.26. The normalized spacial score (nSPS) is 23.5. The standard InChI is InChI=1S/C18H28N4OS/c23-18-13-15-14-24-12-5-17(15)19-22(18)11-8-20-6-9-21(10-7-20)16-3-1-2-4-16/h13,16H,1-12,14H2. The van der Waals surface area contributed by atoms with Crippen LogP contribution in [-0.2, 0) is 18.7 Å². The molecule has 4 rings (SSSR count). The molecule has 0 unspecified atom stereocenters. The molecule has 1 saturated heterocycles. The average molecular weight is 349 g/mol. The van der Waals surface area contributed by atoms with Crippen LogP contribution in [0.3, 0.4) is 0 Å². The molecule has 0 N–H and O–H groups in total. The topological polar surface area (TPSA) is 41.4 Å². The van der Waals surface area contributed by atoms with Crippen molar-refractivity contribution in [1.29, 1.82) is 0 Å². The Morgan fingerprint density at radius 1 is 1.12 bits per heavy atom. The van der Waals surface area contributed by atoms with Crippen molar-refractivity contribution >= 4 is 11.8 Å². The van der Waals surface area contributed by atoms with E-state index in [2.05, 4.69) is 14.9 Å². The third kappa shape index (κ3) is 3.70. The Kier molecular flexibility index (Phi) is 5.25. The first kappa shape index (κ1) is 16.6. The Balaban J connectivity index is 1.30. The zero-order valence-corrected chi connectivity index (χ0v) is 15.3. The van der Waals surface area contributed by atoms with E-state index in [4.69, 9.17) is 0 Å². The van der Waals surface area contributed by atoms with Gasteiger partial charge in [0.05, 0.1) is 12.2 Å².